The fourth-order valence-corrected chi connectivity index (χ4v) is 5.66. The lowest BCUT2D eigenvalue weighted by Crippen LogP contribution is -2.45. The summed E-state index contributed by atoms with van der Waals surface area (Å²) in [7, 11) is -3.50. The van der Waals surface area contributed by atoms with E-state index in [1.54, 1.807) is 17.7 Å². The molecule has 0 amide bonds. The topological polar surface area (TPSA) is 89.2 Å². The van der Waals surface area contributed by atoms with Crippen molar-refractivity contribution < 1.29 is 8.42 Å². The number of hydrogen-bond acceptors (Lipinski definition) is 6. The van der Waals surface area contributed by atoms with Gasteiger partial charge in [0.05, 0.1) is 10.6 Å². The second-order valence-electron chi connectivity index (χ2n) is 6.03. The summed E-state index contributed by atoms with van der Waals surface area (Å²) in [6.45, 7) is 1.25. The van der Waals surface area contributed by atoms with Gasteiger partial charge in [-0.15, -0.1) is 11.3 Å². The molecule has 1 aliphatic heterocycles. The Labute approximate surface area is 133 Å². The molecule has 0 spiro atoms. The van der Waals surface area contributed by atoms with Crippen molar-refractivity contribution in [3.8, 4) is 0 Å². The number of nitrogens with zero attached hydrogens (tertiary/aromatic N) is 3. The van der Waals surface area contributed by atoms with E-state index < -0.39 is 15.3 Å². The van der Waals surface area contributed by atoms with E-state index in [-0.39, 0.29) is 0 Å². The zero-order valence-electron chi connectivity index (χ0n) is 12.2. The first-order chi connectivity index (χ1) is 10.5. The SMILES string of the molecule is NS(=O)(=O)[C@H]1CCCN(c2ncnc3sc4c(c23)CCC4)C1. The Morgan fingerprint density at radius 1 is 1.27 bits per heavy atom. The highest BCUT2D eigenvalue weighted by molar-refractivity contribution is 7.89. The highest BCUT2D eigenvalue weighted by Crippen LogP contribution is 2.40. The first-order valence-electron chi connectivity index (χ1n) is 7.56. The fourth-order valence-electron chi connectivity index (χ4n) is 3.55. The van der Waals surface area contributed by atoms with Gasteiger partial charge in [0, 0.05) is 18.0 Å². The van der Waals surface area contributed by atoms with Gasteiger partial charge in [-0.1, -0.05) is 0 Å². The predicted octanol–water partition coefficient (Wildman–Crippen LogP) is 1.44. The van der Waals surface area contributed by atoms with Crippen molar-refractivity contribution in [2.24, 2.45) is 5.14 Å². The van der Waals surface area contributed by atoms with Crippen molar-refractivity contribution in [2.45, 2.75) is 37.4 Å². The van der Waals surface area contributed by atoms with Crippen LogP contribution in [0.3, 0.4) is 0 Å². The molecule has 0 unspecified atom stereocenters. The van der Waals surface area contributed by atoms with Gasteiger partial charge in [-0.3, -0.25) is 0 Å². The van der Waals surface area contributed by atoms with Crippen LogP contribution in [0.25, 0.3) is 10.2 Å². The van der Waals surface area contributed by atoms with Crippen LogP contribution in [0.1, 0.15) is 29.7 Å². The average Bonchev–Trinajstić information content (AvgIpc) is 3.06. The largest absolute Gasteiger partial charge is 0.355 e. The standard InChI is InChI=1S/C14H18N4O2S2/c15-22(19,20)9-3-2-6-18(7-9)13-12-10-4-1-5-11(10)21-14(12)17-8-16-13/h8-9H,1-7H2,(H2,15,19,20)/t9-/m0/s1. The first kappa shape index (κ1) is 14.3. The van der Waals surface area contributed by atoms with Crippen molar-refractivity contribution in [3.05, 3.63) is 16.8 Å². The van der Waals surface area contributed by atoms with Crippen LogP contribution in [0.4, 0.5) is 5.82 Å². The van der Waals surface area contributed by atoms with Crippen LogP contribution in [-0.4, -0.2) is 36.7 Å². The average molecular weight is 338 g/mol. The molecule has 6 nitrogen and oxygen atoms in total. The number of thiophene rings is 1. The molecule has 2 aliphatic rings. The summed E-state index contributed by atoms with van der Waals surface area (Å²) in [4.78, 5) is 13.4. The molecule has 1 aliphatic carbocycles. The van der Waals surface area contributed by atoms with Crippen molar-refractivity contribution in [3.63, 3.8) is 0 Å². The molecule has 4 rings (SSSR count). The lowest BCUT2D eigenvalue weighted by atomic mass is 10.1. The van der Waals surface area contributed by atoms with Crippen LogP contribution in [0, 0.1) is 0 Å². The molecular formula is C14H18N4O2S2. The quantitative estimate of drug-likeness (QED) is 0.895. The van der Waals surface area contributed by atoms with Crippen LogP contribution in [0.2, 0.25) is 0 Å². The highest BCUT2D eigenvalue weighted by atomic mass is 32.2. The maximum atomic E-state index is 11.7. The minimum atomic E-state index is -3.50. The van der Waals surface area contributed by atoms with E-state index in [4.69, 9.17) is 5.14 Å². The number of aryl methyl sites for hydroxylation is 2. The van der Waals surface area contributed by atoms with Crippen molar-refractivity contribution in [1.82, 2.24) is 9.97 Å². The number of rotatable bonds is 2. The molecule has 0 radical (unpaired) electrons. The lowest BCUT2D eigenvalue weighted by Gasteiger charge is -2.32. The number of nitrogens with two attached hydrogens (primary N) is 1. The van der Waals surface area contributed by atoms with Crippen LogP contribution in [0.5, 0.6) is 0 Å². The molecule has 1 atom stereocenters. The van der Waals surface area contributed by atoms with Gasteiger partial charge in [0.15, 0.2) is 0 Å². The summed E-state index contributed by atoms with van der Waals surface area (Å²) >= 11 is 1.75. The Bertz CT molecular complexity index is 831. The van der Waals surface area contributed by atoms with Crippen LogP contribution in [-0.2, 0) is 22.9 Å². The summed E-state index contributed by atoms with van der Waals surface area (Å²) in [6, 6.07) is 0. The number of sulfonamides is 1. The van der Waals surface area contributed by atoms with E-state index in [9.17, 15) is 8.42 Å². The summed E-state index contributed by atoms with van der Waals surface area (Å²) in [5.41, 5.74) is 1.37. The Hall–Kier alpha value is -1.25. The zero-order valence-corrected chi connectivity index (χ0v) is 13.8. The third kappa shape index (κ3) is 2.29. The Balaban J connectivity index is 1.78. The molecule has 1 fully saturated rings. The molecule has 0 saturated carbocycles. The van der Waals surface area contributed by atoms with Gasteiger partial charge in [-0.05, 0) is 37.7 Å². The van der Waals surface area contributed by atoms with Crippen molar-refractivity contribution in [2.75, 3.05) is 18.0 Å². The predicted molar refractivity (Wildman–Crippen MR) is 87.8 cm³/mol. The monoisotopic (exact) mass is 338 g/mol. The zero-order chi connectivity index (χ0) is 15.3. The molecule has 1 saturated heterocycles. The summed E-state index contributed by atoms with van der Waals surface area (Å²) in [6.07, 6.45) is 6.41. The molecule has 22 heavy (non-hydrogen) atoms. The minimum absolute atomic E-state index is 0.426. The first-order valence-corrected chi connectivity index (χ1v) is 9.98. The van der Waals surface area contributed by atoms with Gasteiger partial charge in [-0.2, -0.15) is 0 Å². The molecule has 0 bridgehead atoms. The third-order valence-electron chi connectivity index (χ3n) is 4.62. The second kappa shape index (κ2) is 5.14. The van der Waals surface area contributed by atoms with E-state index in [1.807, 2.05) is 0 Å². The minimum Gasteiger partial charge on any atom is -0.355 e. The third-order valence-corrected chi connectivity index (χ3v) is 7.14. The number of anilines is 1. The fraction of sp³-hybridized carbons (Fsp3) is 0.571. The molecule has 2 aromatic rings. The molecule has 0 aromatic carbocycles. The van der Waals surface area contributed by atoms with Gasteiger partial charge in [-0.25, -0.2) is 23.5 Å². The van der Waals surface area contributed by atoms with Gasteiger partial charge in [0.25, 0.3) is 0 Å². The lowest BCUT2D eigenvalue weighted by molar-refractivity contribution is 0.531. The van der Waals surface area contributed by atoms with E-state index >= 15 is 0 Å². The van der Waals surface area contributed by atoms with Crippen LogP contribution in [0.15, 0.2) is 6.33 Å². The van der Waals surface area contributed by atoms with Gasteiger partial charge < -0.3 is 4.90 Å². The number of primary sulfonamides is 1. The molecular weight excluding hydrogens is 320 g/mol. The summed E-state index contributed by atoms with van der Waals surface area (Å²) in [5, 5.41) is 5.98. The molecule has 8 heteroatoms. The molecule has 3 heterocycles. The Kier molecular flexibility index (Phi) is 3.35. The van der Waals surface area contributed by atoms with E-state index in [0.717, 1.165) is 41.8 Å². The molecule has 2 aromatic heterocycles. The van der Waals surface area contributed by atoms with E-state index in [0.29, 0.717) is 13.0 Å². The molecule has 118 valence electrons. The number of piperidine rings is 1. The Morgan fingerprint density at radius 3 is 2.95 bits per heavy atom. The van der Waals surface area contributed by atoms with Crippen molar-refractivity contribution >= 4 is 37.4 Å². The Morgan fingerprint density at radius 2 is 2.14 bits per heavy atom. The summed E-state index contributed by atoms with van der Waals surface area (Å²) in [5.74, 6) is 0.887. The van der Waals surface area contributed by atoms with Gasteiger partial charge >= 0.3 is 0 Å². The van der Waals surface area contributed by atoms with Gasteiger partial charge in [0.1, 0.15) is 17.0 Å². The molecule has 2 N–H and O–H groups in total. The number of aromatic nitrogens is 2. The maximum Gasteiger partial charge on any atom is 0.213 e. The maximum absolute atomic E-state index is 11.7. The van der Waals surface area contributed by atoms with Crippen LogP contribution >= 0.6 is 11.3 Å². The van der Waals surface area contributed by atoms with E-state index in [2.05, 4.69) is 14.9 Å². The smallest absolute Gasteiger partial charge is 0.213 e. The van der Waals surface area contributed by atoms with Gasteiger partial charge in [0.2, 0.25) is 10.0 Å². The van der Waals surface area contributed by atoms with Crippen LogP contribution < -0.4 is 10.0 Å². The van der Waals surface area contributed by atoms with Crippen molar-refractivity contribution in [1.29, 1.82) is 0 Å². The second-order valence-corrected chi connectivity index (χ2v) is 8.96. The summed E-state index contributed by atoms with van der Waals surface area (Å²) < 4.78 is 23.4. The van der Waals surface area contributed by atoms with E-state index in [1.165, 1.54) is 16.9 Å². The normalized spacial score (nSPS) is 22.2. The number of hydrogen-bond donors (Lipinski definition) is 1. The highest BCUT2D eigenvalue weighted by Gasteiger charge is 2.31. The number of fused-ring (bicyclic) bond motifs is 3.